The molecule has 0 aliphatic rings. The number of pyridine rings is 1. The van der Waals surface area contributed by atoms with E-state index in [1.165, 1.54) is 19.4 Å². The summed E-state index contributed by atoms with van der Waals surface area (Å²) in [5, 5.41) is 0. The van der Waals surface area contributed by atoms with Crippen molar-refractivity contribution in [2.45, 2.75) is 0 Å². The van der Waals surface area contributed by atoms with Gasteiger partial charge in [-0.1, -0.05) is 0 Å². The van der Waals surface area contributed by atoms with Crippen LogP contribution in [0, 0.1) is 0 Å². The lowest BCUT2D eigenvalue weighted by molar-refractivity contribution is 0.0601. The van der Waals surface area contributed by atoms with Crippen LogP contribution < -0.4 is 5.73 Å². The number of nitrogens with zero attached hydrogens (tertiary/aromatic N) is 1. The van der Waals surface area contributed by atoms with Crippen molar-refractivity contribution in [3.8, 4) is 0 Å². The molecule has 2 N–H and O–H groups in total. The third-order valence-electron chi connectivity index (χ3n) is 1.48. The number of aromatic nitrogens is 1. The van der Waals surface area contributed by atoms with E-state index in [4.69, 9.17) is 5.73 Å². The maximum atomic E-state index is 11.0. The zero-order valence-electron chi connectivity index (χ0n) is 6.98. The molecular weight excluding hydrogens is 172 g/mol. The Hall–Kier alpha value is -1.91. The topological polar surface area (TPSA) is 82.3 Å². The van der Waals surface area contributed by atoms with Gasteiger partial charge in [0.25, 0.3) is 0 Å². The number of ether oxygens (including phenoxy) is 1. The van der Waals surface area contributed by atoms with Crippen molar-refractivity contribution >= 4 is 18.1 Å². The molecule has 68 valence electrons. The Bertz CT molecular complexity index is 349. The van der Waals surface area contributed by atoms with Crippen LogP contribution in [0.1, 0.15) is 20.7 Å². The van der Waals surface area contributed by atoms with E-state index < -0.39 is 5.97 Å². The fraction of sp³-hybridized carbons (Fsp3) is 0.125. The van der Waals surface area contributed by atoms with Gasteiger partial charge in [0.1, 0.15) is 11.4 Å². The highest BCUT2D eigenvalue weighted by Gasteiger charge is 2.11. The molecule has 5 nitrogen and oxygen atoms in total. The molecule has 0 amide bonds. The minimum atomic E-state index is -0.603. The van der Waals surface area contributed by atoms with Gasteiger partial charge in [0.15, 0.2) is 6.29 Å². The lowest BCUT2D eigenvalue weighted by Gasteiger charge is -2.02. The van der Waals surface area contributed by atoms with Crippen LogP contribution in [-0.2, 0) is 4.74 Å². The largest absolute Gasteiger partial charge is 0.465 e. The highest BCUT2D eigenvalue weighted by Crippen LogP contribution is 2.10. The third-order valence-corrected chi connectivity index (χ3v) is 1.48. The number of nitrogens with two attached hydrogens (primary N) is 1. The summed E-state index contributed by atoms with van der Waals surface area (Å²) < 4.78 is 4.44. The summed E-state index contributed by atoms with van der Waals surface area (Å²) in [7, 11) is 1.23. The average molecular weight is 180 g/mol. The summed E-state index contributed by atoms with van der Waals surface area (Å²) in [6.07, 6.45) is 1.87. The molecule has 0 radical (unpaired) electrons. The van der Waals surface area contributed by atoms with Crippen molar-refractivity contribution in [3.05, 3.63) is 23.4 Å². The minimum Gasteiger partial charge on any atom is -0.465 e. The predicted octanol–water partition coefficient (Wildman–Crippen LogP) is 0.263. The first-order valence-electron chi connectivity index (χ1n) is 3.48. The van der Waals surface area contributed by atoms with E-state index in [1.54, 1.807) is 0 Å². The molecule has 0 atom stereocenters. The third kappa shape index (κ3) is 1.81. The van der Waals surface area contributed by atoms with E-state index in [9.17, 15) is 9.59 Å². The van der Waals surface area contributed by atoms with Crippen molar-refractivity contribution in [2.75, 3.05) is 12.8 Å². The van der Waals surface area contributed by atoms with E-state index in [2.05, 4.69) is 9.72 Å². The second-order valence-corrected chi connectivity index (χ2v) is 2.31. The molecule has 0 unspecified atom stereocenters. The lowest BCUT2D eigenvalue weighted by Crippen LogP contribution is -2.07. The summed E-state index contributed by atoms with van der Waals surface area (Å²) >= 11 is 0. The number of nitrogen functional groups attached to an aromatic ring is 1. The van der Waals surface area contributed by atoms with Crippen LogP contribution in [0.4, 0.5) is 5.82 Å². The smallest absolute Gasteiger partial charge is 0.341 e. The Morgan fingerprint density at radius 2 is 2.38 bits per heavy atom. The van der Waals surface area contributed by atoms with Crippen molar-refractivity contribution in [2.24, 2.45) is 0 Å². The molecule has 1 heterocycles. The first kappa shape index (κ1) is 9.18. The van der Waals surface area contributed by atoms with Crippen LogP contribution >= 0.6 is 0 Å². The van der Waals surface area contributed by atoms with Gasteiger partial charge in [0, 0.05) is 11.8 Å². The lowest BCUT2D eigenvalue weighted by atomic mass is 10.2. The van der Waals surface area contributed by atoms with Gasteiger partial charge in [-0.15, -0.1) is 0 Å². The van der Waals surface area contributed by atoms with Gasteiger partial charge in [0.2, 0.25) is 0 Å². The first-order chi connectivity index (χ1) is 6.19. The Morgan fingerprint density at radius 3 is 2.92 bits per heavy atom. The van der Waals surface area contributed by atoms with Crippen LogP contribution in [0.15, 0.2) is 12.3 Å². The summed E-state index contributed by atoms with van der Waals surface area (Å²) in [6, 6.07) is 1.33. The average Bonchev–Trinajstić information content (AvgIpc) is 2.17. The minimum absolute atomic E-state index is 0.0532. The van der Waals surface area contributed by atoms with Crippen molar-refractivity contribution in [3.63, 3.8) is 0 Å². The quantitative estimate of drug-likeness (QED) is 0.521. The Kier molecular flexibility index (Phi) is 2.59. The fourth-order valence-corrected chi connectivity index (χ4v) is 0.829. The summed E-state index contributed by atoms with van der Waals surface area (Å²) in [5.74, 6) is -0.550. The Labute approximate surface area is 74.5 Å². The summed E-state index contributed by atoms with van der Waals surface area (Å²) in [5.41, 5.74) is 5.78. The van der Waals surface area contributed by atoms with E-state index in [0.717, 1.165) is 0 Å². The molecule has 5 heteroatoms. The molecule has 1 aromatic heterocycles. The molecule has 1 rings (SSSR count). The van der Waals surface area contributed by atoms with Gasteiger partial charge in [0.05, 0.1) is 7.11 Å². The number of aldehydes is 1. The molecular formula is C8H8N2O3. The standard InChI is InChI=1S/C8H8N2O3/c1-13-8(12)6-2-5(4-11)3-10-7(6)9/h2-4H,1H3,(H2,9,10). The van der Waals surface area contributed by atoms with Crippen LogP contribution in [0.5, 0.6) is 0 Å². The number of methoxy groups -OCH3 is 1. The normalized spacial score (nSPS) is 9.31. The molecule has 0 spiro atoms. The van der Waals surface area contributed by atoms with Gasteiger partial charge in [-0.2, -0.15) is 0 Å². The molecule has 0 saturated carbocycles. The van der Waals surface area contributed by atoms with E-state index >= 15 is 0 Å². The monoisotopic (exact) mass is 180 g/mol. The maximum Gasteiger partial charge on any atom is 0.341 e. The van der Waals surface area contributed by atoms with E-state index in [-0.39, 0.29) is 16.9 Å². The van der Waals surface area contributed by atoms with Crippen LogP contribution in [0.3, 0.4) is 0 Å². The Balaban J connectivity index is 3.18. The van der Waals surface area contributed by atoms with E-state index in [1.807, 2.05) is 0 Å². The van der Waals surface area contributed by atoms with Gasteiger partial charge in [-0.05, 0) is 6.07 Å². The second kappa shape index (κ2) is 3.66. The molecule has 0 fully saturated rings. The van der Waals surface area contributed by atoms with Gasteiger partial charge in [-0.25, -0.2) is 9.78 Å². The molecule has 13 heavy (non-hydrogen) atoms. The number of carbonyl (C=O) groups excluding carboxylic acids is 2. The zero-order chi connectivity index (χ0) is 9.84. The van der Waals surface area contributed by atoms with Crippen molar-refractivity contribution in [1.29, 1.82) is 0 Å². The maximum absolute atomic E-state index is 11.0. The molecule has 0 aliphatic heterocycles. The zero-order valence-corrected chi connectivity index (χ0v) is 6.98. The molecule has 1 aromatic rings. The van der Waals surface area contributed by atoms with Crippen LogP contribution in [0.2, 0.25) is 0 Å². The number of hydrogen-bond donors (Lipinski definition) is 1. The number of hydrogen-bond acceptors (Lipinski definition) is 5. The highest BCUT2D eigenvalue weighted by atomic mass is 16.5. The molecule has 0 saturated heterocycles. The number of rotatable bonds is 2. The summed E-state index contributed by atoms with van der Waals surface area (Å²) in [4.78, 5) is 25.1. The van der Waals surface area contributed by atoms with Gasteiger partial charge < -0.3 is 10.5 Å². The van der Waals surface area contributed by atoms with Gasteiger partial charge in [-0.3, -0.25) is 4.79 Å². The van der Waals surface area contributed by atoms with Crippen molar-refractivity contribution in [1.82, 2.24) is 4.98 Å². The summed E-state index contributed by atoms with van der Waals surface area (Å²) in [6.45, 7) is 0. The van der Waals surface area contributed by atoms with Crippen molar-refractivity contribution < 1.29 is 14.3 Å². The van der Waals surface area contributed by atoms with Crippen LogP contribution in [-0.4, -0.2) is 24.3 Å². The second-order valence-electron chi connectivity index (χ2n) is 2.31. The molecule has 0 bridgehead atoms. The number of esters is 1. The predicted molar refractivity (Wildman–Crippen MR) is 45.4 cm³/mol. The van der Waals surface area contributed by atoms with E-state index in [0.29, 0.717) is 6.29 Å². The Morgan fingerprint density at radius 1 is 1.69 bits per heavy atom. The van der Waals surface area contributed by atoms with Crippen LogP contribution in [0.25, 0.3) is 0 Å². The number of anilines is 1. The van der Waals surface area contributed by atoms with Gasteiger partial charge >= 0.3 is 5.97 Å². The fourth-order valence-electron chi connectivity index (χ4n) is 0.829. The SMILES string of the molecule is COC(=O)c1cc(C=O)cnc1N. The highest BCUT2D eigenvalue weighted by molar-refractivity contribution is 5.95. The molecule has 0 aliphatic carbocycles. The first-order valence-corrected chi connectivity index (χ1v) is 3.48. The number of carbonyl (C=O) groups is 2. The molecule has 0 aromatic carbocycles.